The van der Waals surface area contributed by atoms with Crippen LogP contribution < -0.4 is 0 Å². The molecular formula is C15H21N5O4S. The van der Waals surface area contributed by atoms with Crippen molar-refractivity contribution >= 4 is 27.4 Å². The molecule has 25 heavy (non-hydrogen) atoms. The lowest BCUT2D eigenvalue weighted by Gasteiger charge is -2.35. The molecule has 0 radical (unpaired) electrons. The van der Waals surface area contributed by atoms with Crippen LogP contribution in [0.1, 0.15) is 31.4 Å². The normalized spacial score (nSPS) is 23.5. The number of aryl methyl sites for hydroxylation is 1. The molecule has 3 heterocycles. The molecule has 0 N–H and O–H groups in total. The largest absolute Gasteiger partial charge is 0.328 e. The average Bonchev–Trinajstić information content (AvgIpc) is 3.05. The molecule has 0 unspecified atom stereocenters. The van der Waals surface area contributed by atoms with Gasteiger partial charge in [0.2, 0.25) is 5.91 Å². The zero-order valence-electron chi connectivity index (χ0n) is 14.3. The van der Waals surface area contributed by atoms with Crippen molar-refractivity contribution in [2.24, 2.45) is 5.10 Å². The van der Waals surface area contributed by atoms with Gasteiger partial charge >= 0.3 is 0 Å². The first-order valence-corrected chi connectivity index (χ1v) is 10.0. The van der Waals surface area contributed by atoms with Crippen LogP contribution in [0.4, 0.5) is 0 Å². The number of hydrogen-bond donors (Lipinski definition) is 0. The number of aromatic nitrogens is 2. The molecule has 9 nitrogen and oxygen atoms in total. The maximum atomic E-state index is 12.9. The highest BCUT2D eigenvalue weighted by atomic mass is 32.2. The summed E-state index contributed by atoms with van der Waals surface area (Å²) in [5.41, 5.74) is 0.980. The Morgan fingerprint density at radius 3 is 2.76 bits per heavy atom. The van der Waals surface area contributed by atoms with Crippen molar-refractivity contribution in [2.75, 3.05) is 25.1 Å². The third kappa shape index (κ3) is 3.58. The molecule has 0 bridgehead atoms. The van der Waals surface area contributed by atoms with E-state index in [4.69, 9.17) is 0 Å². The molecule has 2 aliphatic rings. The van der Waals surface area contributed by atoms with Crippen LogP contribution in [0, 0.1) is 0 Å². The SMILES string of the molecule is CCn1cc([C@H]2CS(=O)(=O)CCN2C(=O)C2=NN(C)C(=O)CC2)cn1. The second kappa shape index (κ2) is 6.58. The molecule has 1 aromatic heterocycles. The van der Waals surface area contributed by atoms with Crippen LogP contribution in [0.25, 0.3) is 0 Å². The molecule has 1 fully saturated rings. The van der Waals surface area contributed by atoms with E-state index in [9.17, 15) is 18.0 Å². The Morgan fingerprint density at radius 1 is 1.36 bits per heavy atom. The number of hydrazone groups is 1. The Labute approximate surface area is 146 Å². The Morgan fingerprint density at radius 2 is 2.12 bits per heavy atom. The first-order chi connectivity index (χ1) is 11.8. The van der Waals surface area contributed by atoms with Crippen LogP contribution in [-0.2, 0) is 26.0 Å². The fraction of sp³-hybridized carbons (Fsp3) is 0.600. The maximum absolute atomic E-state index is 12.9. The lowest BCUT2D eigenvalue weighted by molar-refractivity contribution is -0.131. The smallest absolute Gasteiger partial charge is 0.270 e. The van der Waals surface area contributed by atoms with Gasteiger partial charge in [-0.05, 0) is 6.92 Å². The van der Waals surface area contributed by atoms with E-state index in [2.05, 4.69) is 10.2 Å². The summed E-state index contributed by atoms with van der Waals surface area (Å²) in [4.78, 5) is 26.0. The maximum Gasteiger partial charge on any atom is 0.270 e. The van der Waals surface area contributed by atoms with Gasteiger partial charge < -0.3 is 4.90 Å². The van der Waals surface area contributed by atoms with Gasteiger partial charge in [-0.15, -0.1) is 0 Å². The van der Waals surface area contributed by atoms with Gasteiger partial charge in [-0.3, -0.25) is 14.3 Å². The van der Waals surface area contributed by atoms with Crippen molar-refractivity contribution < 1.29 is 18.0 Å². The van der Waals surface area contributed by atoms with Gasteiger partial charge in [0.25, 0.3) is 5.91 Å². The molecule has 1 aromatic rings. The summed E-state index contributed by atoms with van der Waals surface area (Å²) in [5, 5.41) is 9.42. The second-order valence-corrected chi connectivity index (χ2v) is 8.45. The Kier molecular flexibility index (Phi) is 4.63. The van der Waals surface area contributed by atoms with Gasteiger partial charge in [0, 0.05) is 44.7 Å². The Balaban J connectivity index is 1.90. The number of carbonyl (C=O) groups excluding carboxylic acids is 2. The highest BCUT2D eigenvalue weighted by Gasteiger charge is 2.38. The predicted octanol–water partition coefficient (Wildman–Crippen LogP) is -0.191. The van der Waals surface area contributed by atoms with Crippen LogP contribution in [0.3, 0.4) is 0 Å². The predicted molar refractivity (Wildman–Crippen MR) is 90.4 cm³/mol. The third-order valence-corrected chi connectivity index (χ3v) is 6.14. The standard InChI is InChI=1S/C15H21N5O4S/c1-3-19-9-11(8-16-19)13-10-25(23,24)7-6-20(13)15(22)12-4-5-14(21)18(2)17-12/h8-9,13H,3-7,10H2,1-2H3/t13-/m1/s1. The molecule has 0 saturated carbocycles. The molecule has 0 aliphatic carbocycles. The Hall–Kier alpha value is -2.23. The number of sulfone groups is 1. The number of rotatable bonds is 3. The molecule has 2 amide bonds. The molecule has 2 aliphatic heterocycles. The summed E-state index contributed by atoms with van der Waals surface area (Å²) in [7, 11) is -1.72. The highest BCUT2D eigenvalue weighted by molar-refractivity contribution is 7.91. The van der Waals surface area contributed by atoms with E-state index in [1.165, 1.54) is 12.1 Å². The van der Waals surface area contributed by atoms with E-state index in [0.717, 1.165) is 0 Å². The first-order valence-electron chi connectivity index (χ1n) is 8.18. The molecule has 136 valence electrons. The minimum absolute atomic E-state index is 0.0702. The van der Waals surface area contributed by atoms with Gasteiger partial charge in [-0.25, -0.2) is 13.4 Å². The van der Waals surface area contributed by atoms with Crippen molar-refractivity contribution in [3.8, 4) is 0 Å². The summed E-state index contributed by atoms with van der Waals surface area (Å²) < 4.78 is 25.9. The van der Waals surface area contributed by atoms with Crippen LogP contribution >= 0.6 is 0 Å². The zero-order chi connectivity index (χ0) is 18.2. The summed E-state index contributed by atoms with van der Waals surface area (Å²) in [6.45, 7) is 2.70. The summed E-state index contributed by atoms with van der Waals surface area (Å²) in [5.74, 6) is -0.655. The quantitative estimate of drug-likeness (QED) is 0.736. The third-order valence-electron chi connectivity index (χ3n) is 4.51. The lowest BCUT2D eigenvalue weighted by Crippen LogP contribution is -2.49. The zero-order valence-corrected chi connectivity index (χ0v) is 15.1. The highest BCUT2D eigenvalue weighted by Crippen LogP contribution is 2.27. The molecule has 0 aromatic carbocycles. The van der Waals surface area contributed by atoms with Crippen molar-refractivity contribution in [1.29, 1.82) is 0 Å². The van der Waals surface area contributed by atoms with Crippen LogP contribution in [0.2, 0.25) is 0 Å². The fourth-order valence-corrected chi connectivity index (χ4v) is 4.54. The van der Waals surface area contributed by atoms with Crippen molar-refractivity contribution in [2.45, 2.75) is 32.4 Å². The van der Waals surface area contributed by atoms with Gasteiger partial charge in [-0.2, -0.15) is 10.2 Å². The van der Waals surface area contributed by atoms with Crippen molar-refractivity contribution in [3.63, 3.8) is 0 Å². The molecular weight excluding hydrogens is 346 g/mol. The molecule has 10 heteroatoms. The van der Waals surface area contributed by atoms with E-state index in [-0.39, 0.29) is 48.4 Å². The monoisotopic (exact) mass is 367 g/mol. The minimum Gasteiger partial charge on any atom is -0.328 e. The second-order valence-electron chi connectivity index (χ2n) is 6.22. The number of hydrogen-bond acceptors (Lipinski definition) is 6. The van der Waals surface area contributed by atoms with Crippen LogP contribution in [-0.4, -0.2) is 70.7 Å². The van der Waals surface area contributed by atoms with Gasteiger partial charge in [-0.1, -0.05) is 0 Å². The van der Waals surface area contributed by atoms with Gasteiger partial charge in [0.1, 0.15) is 5.71 Å². The first kappa shape index (κ1) is 17.6. The fourth-order valence-electron chi connectivity index (χ4n) is 3.04. The lowest BCUT2D eigenvalue weighted by atomic mass is 10.1. The van der Waals surface area contributed by atoms with Crippen LogP contribution in [0.5, 0.6) is 0 Å². The molecule has 1 saturated heterocycles. The van der Waals surface area contributed by atoms with E-state index >= 15 is 0 Å². The summed E-state index contributed by atoms with van der Waals surface area (Å²) in [6.07, 6.45) is 3.87. The minimum atomic E-state index is -3.23. The molecule has 0 spiro atoms. The van der Waals surface area contributed by atoms with Crippen molar-refractivity contribution in [1.82, 2.24) is 19.7 Å². The molecule has 1 atom stereocenters. The van der Waals surface area contributed by atoms with E-state index in [1.807, 2.05) is 6.92 Å². The van der Waals surface area contributed by atoms with E-state index in [0.29, 0.717) is 12.1 Å². The molecule has 3 rings (SSSR count). The van der Waals surface area contributed by atoms with E-state index < -0.39 is 15.9 Å². The van der Waals surface area contributed by atoms with Gasteiger partial charge in [0.05, 0.1) is 23.7 Å². The number of nitrogens with zero attached hydrogens (tertiary/aromatic N) is 5. The van der Waals surface area contributed by atoms with E-state index in [1.54, 1.807) is 22.0 Å². The summed E-state index contributed by atoms with van der Waals surface area (Å²) >= 11 is 0. The number of carbonyl (C=O) groups is 2. The summed E-state index contributed by atoms with van der Waals surface area (Å²) in [6, 6.07) is -0.586. The van der Waals surface area contributed by atoms with Gasteiger partial charge in [0.15, 0.2) is 9.84 Å². The number of amides is 2. The topological polar surface area (TPSA) is 105 Å². The van der Waals surface area contributed by atoms with Crippen LogP contribution in [0.15, 0.2) is 17.5 Å². The average molecular weight is 367 g/mol. The Bertz CT molecular complexity index is 829. The van der Waals surface area contributed by atoms with Crippen molar-refractivity contribution in [3.05, 3.63) is 18.0 Å².